The molecule has 1 atom stereocenters. The van der Waals surface area contributed by atoms with Crippen LogP contribution in [0.25, 0.3) is 0 Å². The van der Waals surface area contributed by atoms with Gasteiger partial charge >= 0.3 is 0 Å². The molecule has 0 saturated carbocycles. The molecule has 0 aromatic carbocycles. The minimum Gasteiger partial charge on any atom is -0.384 e. The van der Waals surface area contributed by atoms with Crippen molar-refractivity contribution in [3.8, 4) is 0 Å². The van der Waals surface area contributed by atoms with Crippen LogP contribution in [0.4, 0.5) is 5.82 Å². The number of nitrogen functional groups attached to an aromatic ring is 1. The lowest BCUT2D eigenvalue weighted by molar-refractivity contribution is 0.736. The van der Waals surface area contributed by atoms with Crippen molar-refractivity contribution < 1.29 is 0 Å². The van der Waals surface area contributed by atoms with Crippen LogP contribution < -0.4 is 5.73 Å². The molecule has 3 heteroatoms. The lowest BCUT2D eigenvalue weighted by Gasteiger charge is -2.03. The molecule has 0 aliphatic rings. The number of rotatable bonds is 4. The first-order valence-electron chi connectivity index (χ1n) is 4.53. The first-order valence-corrected chi connectivity index (χ1v) is 5.44. The summed E-state index contributed by atoms with van der Waals surface area (Å²) in [5, 5.41) is 0. The van der Waals surface area contributed by atoms with E-state index in [2.05, 4.69) is 27.8 Å². The van der Waals surface area contributed by atoms with Crippen LogP contribution in [0.3, 0.4) is 0 Å². The van der Waals surface area contributed by atoms with E-state index in [1.54, 1.807) is 6.20 Å². The Hall–Kier alpha value is -0.570. The third kappa shape index (κ3) is 4.27. The van der Waals surface area contributed by atoms with E-state index in [-0.39, 0.29) is 0 Å². The highest BCUT2D eigenvalue weighted by molar-refractivity contribution is 9.09. The van der Waals surface area contributed by atoms with Gasteiger partial charge in [0.25, 0.3) is 0 Å². The molecule has 2 nitrogen and oxygen atoms in total. The Balaban J connectivity index is 2.37. The van der Waals surface area contributed by atoms with Gasteiger partial charge in [-0.15, -0.1) is 0 Å². The van der Waals surface area contributed by atoms with Crippen molar-refractivity contribution in [2.24, 2.45) is 0 Å². The minimum absolute atomic E-state index is 0.603. The average Bonchev–Trinajstić information content (AvgIpc) is 2.03. The van der Waals surface area contributed by atoms with Crippen molar-refractivity contribution in [2.75, 3.05) is 5.73 Å². The molecule has 1 heterocycles. The molecule has 0 bridgehead atoms. The van der Waals surface area contributed by atoms with E-state index < -0.39 is 0 Å². The third-order valence-electron chi connectivity index (χ3n) is 1.91. The van der Waals surface area contributed by atoms with E-state index in [1.165, 1.54) is 18.4 Å². The van der Waals surface area contributed by atoms with Gasteiger partial charge in [-0.3, -0.25) is 0 Å². The smallest absolute Gasteiger partial charge is 0.123 e. The normalized spacial score (nSPS) is 12.8. The minimum atomic E-state index is 0.603. The van der Waals surface area contributed by atoms with E-state index in [9.17, 15) is 0 Å². The van der Waals surface area contributed by atoms with E-state index in [1.807, 2.05) is 12.1 Å². The summed E-state index contributed by atoms with van der Waals surface area (Å²) in [6, 6.07) is 3.97. The molecule has 72 valence electrons. The van der Waals surface area contributed by atoms with Crippen LogP contribution >= 0.6 is 15.9 Å². The lowest BCUT2D eigenvalue weighted by Crippen LogP contribution is -1.95. The summed E-state index contributed by atoms with van der Waals surface area (Å²) in [4.78, 5) is 4.55. The highest BCUT2D eigenvalue weighted by atomic mass is 79.9. The molecule has 0 saturated heterocycles. The zero-order chi connectivity index (χ0) is 9.68. The van der Waals surface area contributed by atoms with Crippen molar-refractivity contribution in [1.82, 2.24) is 4.98 Å². The molecular formula is C10H15BrN2. The van der Waals surface area contributed by atoms with Crippen molar-refractivity contribution in [2.45, 2.75) is 31.0 Å². The van der Waals surface area contributed by atoms with Crippen LogP contribution in [0.1, 0.15) is 25.3 Å². The van der Waals surface area contributed by atoms with Gasteiger partial charge in [0.2, 0.25) is 0 Å². The van der Waals surface area contributed by atoms with Crippen LogP contribution in [0.15, 0.2) is 18.3 Å². The molecule has 1 rings (SSSR count). The summed E-state index contributed by atoms with van der Waals surface area (Å²) in [6.07, 6.45) is 5.24. The SMILES string of the molecule is CC(Br)CCCc1ccnc(N)c1. The molecule has 0 fully saturated rings. The van der Waals surface area contributed by atoms with Gasteiger partial charge in [0.1, 0.15) is 5.82 Å². The van der Waals surface area contributed by atoms with Gasteiger partial charge in [0, 0.05) is 11.0 Å². The first-order chi connectivity index (χ1) is 6.18. The van der Waals surface area contributed by atoms with Crippen LogP contribution in [-0.2, 0) is 6.42 Å². The van der Waals surface area contributed by atoms with Crippen LogP contribution in [-0.4, -0.2) is 9.81 Å². The molecule has 2 N–H and O–H groups in total. The number of halogens is 1. The Morgan fingerprint density at radius 3 is 3.00 bits per heavy atom. The first kappa shape index (κ1) is 10.5. The Morgan fingerprint density at radius 2 is 2.38 bits per heavy atom. The number of aromatic nitrogens is 1. The van der Waals surface area contributed by atoms with Gasteiger partial charge in [-0.1, -0.05) is 22.9 Å². The second kappa shape index (κ2) is 5.22. The highest BCUT2D eigenvalue weighted by Crippen LogP contribution is 2.11. The van der Waals surface area contributed by atoms with Gasteiger partial charge in [0.05, 0.1) is 0 Å². The molecule has 0 aliphatic carbocycles. The number of alkyl halides is 1. The number of aryl methyl sites for hydroxylation is 1. The molecule has 1 aromatic rings. The summed E-state index contributed by atoms with van der Waals surface area (Å²) >= 11 is 3.53. The van der Waals surface area contributed by atoms with Crippen molar-refractivity contribution >= 4 is 21.7 Å². The van der Waals surface area contributed by atoms with Gasteiger partial charge in [-0.25, -0.2) is 4.98 Å². The number of hydrogen-bond acceptors (Lipinski definition) is 2. The van der Waals surface area contributed by atoms with Gasteiger partial charge < -0.3 is 5.73 Å². The fraction of sp³-hybridized carbons (Fsp3) is 0.500. The third-order valence-corrected chi connectivity index (χ3v) is 2.37. The van der Waals surface area contributed by atoms with E-state index in [0.29, 0.717) is 10.6 Å². The number of nitrogens with zero attached hydrogens (tertiary/aromatic N) is 1. The lowest BCUT2D eigenvalue weighted by atomic mass is 10.1. The van der Waals surface area contributed by atoms with E-state index in [4.69, 9.17) is 5.73 Å². The maximum absolute atomic E-state index is 5.57. The fourth-order valence-electron chi connectivity index (χ4n) is 1.24. The van der Waals surface area contributed by atoms with Crippen molar-refractivity contribution in [3.63, 3.8) is 0 Å². The molecule has 0 aliphatic heterocycles. The van der Waals surface area contributed by atoms with E-state index in [0.717, 1.165) is 6.42 Å². The molecular weight excluding hydrogens is 228 g/mol. The molecule has 13 heavy (non-hydrogen) atoms. The number of anilines is 1. The zero-order valence-electron chi connectivity index (χ0n) is 7.83. The Kier molecular flexibility index (Phi) is 4.22. The molecule has 1 unspecified atom stereocenters. The van der Waals surface area contributed by atoms with Crippen LogP contribution in [0, 0.1) is 0 Å². The monoisotopic (exact) mass is 242 g/mol. The second-order valence-electron chi connectivity index (χ2n) is 3.26. The molecule has 0 amide bonds. The Bertz CT molecular complexity index is 261. The van der Waals surface area contributed by atoms with Gasteiger partial charge in [-0.2, -0.15) is 0 Å². The molecule has 0 radical (unpaired) electrons. The largest absolute Gasteiger partial charge is 0.384 e. The van der Waals surface area contributed by atoms with E-state index >= 15 is 0 Å². The van der Waals surface area contributed by atoms with Crippen LogP contribution in [0.2, 0.25) is 0 Å². The molecule has 0 spiro atoms. The van der Waals surface area contributed by atoms with Crippen molar-refractivity contribution in [1.29, 1.82) is 0 Å². The van der Waals surface area contributed by atoms with Gasteiger partial charge in [0.15, 0.2) is 0 Å². The fourth-order valence-corrected chi connectivity index (χ4v) is 1.56. The highest BCUT2D eigenvalue weighted by Gasteiger charge is 1.97. The number of hydrogen-bond donors (Lipinski definition) is 1. The second-order valence-corrected chi connectivity index (χ2v) is 4.83. The van der Waals surface area contributed by atoms with Crippen LogP contribution in [0.5, 0.6) is 0 Å². The van der Waals surface area contributed by atoms with Gasteiger partial charge in [-0.05, 0) is 37.0 Å². The summed E-state index contributed by atoms with van der Waals surface area (Å²) in [5.41, 5.74) is 6.85. The summed E-state index contributed by atoms with van der Waals surface area (Å²) in [6.45, 7) is 2.17. The topological polar surface area (TPSA) is 38.9 Å². The predicted molar refractivity (Wildman–Crippen MR) is 60.0 cm³/mol. The maximum Gasteiger partial charge on any atom is 0.123 e. The Labute approximate surface area is 87.7 Å². The maximum atomic E-state index is 5.57. The quantitative estimate of drug-likeness (QED) is 0.826. The number of nitrogens with two attached hydrogens (primary N) is 1. The summed E-state index contributed by atoms with van der Waals surface area (Å²) in [7, 11) is 0. The number of pyridine rings is 1. The summed E-state index contributed by atoms with van der Waals surface area (Å²) in [5.74, 6) is 0.615. The zero-order valence-corrected chi connectivity index (χ0v) is 9.42. The average molecular weight is 243 g/mol. The summed E-state index contributed by atoms with van der Waals surface area (Å²) < 4.78 is 0. The predicted octanol–water partition coefficient (Wildman–Crippen LogP) is 2.77. The Morgan fingerprint density at radius 1 is 1.62 bits per heavy atom. The van der Waals surface area contributed by atoms with Crippen molar-refractivity contribution in [3.05, 3.63) is 23.9 Å². The molecule has 1 aromatic heterocycles. The standard InChI is InChI=1S/C10H15BrN2/c1-8(11)3-2-4-9-5-6-13-10(12)7-9/h5-8H,2-4H2,1H3,(H2,12,13).